The van der Waals surface area contributed by atoms with Crippen LogP contribution < -0.4 is 0 Å². The van der Waals surface area contributed by atoms with Crippen molar-refractivity contribution in [3.8, 4) is 0 Å². The van der Waals surface area contributed by atoms with Crippen LogP contribution in [-0.4, -0.2) is 17.3 Å². The first-order chi connectivity index (χ1) is 10.0. The molecule has 0 atom stereocenters. The third-order valence-corrected chi connectivity index (χ3v) is 7.18. The lowest BCUT2D eigenvalue weighted by Crippen LogP contribution is -2.39. The van der Waals surface area contributed by atoms with Gasteiger partial charge in [0.2, 0.25) is 0 Å². The van der Waals surface area contributed by atoms with Crippen LogP contribution in [0.15, 0.2) is 29.2 Å². The van der Waals surface area contributed by atoms with Gasteiger partial charge in [-0.3, -0.25) is 4.79 Å². The van der Waals surface area contributed by atoms with E-state index in [9.17, 15) is 4.79 Å². The van der Waals surface area contributed by atoms with Crippen molar-refractivity contribution in [3.63, 3.8) is 0 Å². The van der Waals surface area contributed by atoms with Crippen molar-refractivity contribution in [3.05, 3.63) is 29.8 Å². The molecule has 0 saturated heterocycles. The van der Waals surface area contributed by atoms with E-state index in [-0.39, 0.29) is 16.6 Å². The molecule has 1 fully saturated rings. The minimum absolute atomic E-state index is 0.0404. The van der Waals surface area contributed by atoms with Crippen LogP contribution in [0.4, 0.5) is 0 Å². The summed E-state index contributed by atoms with van der Waals surface area (Å²) in [6.45, 7) is 6.48. The van der Waals surface area contributed by atoms with Crippen molar-refractivity contribution in [1.82, 2.24) is 0 Å². The van der Waals surface area contributed by atoms with Gasteiger partial charge in [-0.2, -0.15) is 0 Å². The Hall–Kier alpha value is -0.610. The van der Waals surface area contributed by atoms with Crippen molar-refractivity contribution >= 4 is 27.6 Å². The fourth-order valence-electron chi connectivity index (χ4n) is 2.11. The van der Waals surface area contributed by atoms with Crippen LogP contribution in [0.2, 0.25) is 0 Å². The van der Waals surface area contributed by atoms with Crippen LogP contribution in [0, 0.1) is 5.92 Å². The Balaban J connectivity index is 1.85. The molecule has 0 amide bonds. The topological polar surface area (TPSA) is 26.3 Å². The van der Waals surface area contributed by atoms with Gasteiger partial charge in [-0.25, -0.2) is 0 Å². The number of benzene rings is 1. The van der Waals surface area contributed by atoms with E-state index in [0.717, 1.165) is 19.3 Å². The summed E-state index contributed by atoms with van der Waals surface area (Å²) in [4.78, 5) is 12.9. The maximum Gasteiger partial charge on any atom is 0.308 e. The number of hydrogen-bond donors (Lipinski definition) is 0. The fourth-order valence-corrected chi connectivity index (χ4v) is 4.99. The zero-order chi connectivity index (χ0) is 15.3. The van der Waals surface area contributed by atoms with Crippen molar-refractivity contribution in [2.45, 2.75) is 56.1 Å². The molecule has 0 spiro atoms. The Bertz CT molecular complexity index is 464. The SMILES string of the molecule is CCc1ccc(SSC2(COC(=O)C(C)C)CCC2)cc1. The molecule has 4 heteroatoms. The Kier molecular flexibility index (Phi) is 6.06. The highest BCUT2D eigenvalue weighted by atomic mass is 33.1. The van der Waals surface area contributed by atoms with Crippen molar-refractivity contribution in [2.75, 3.05) is 6.61 Å². The maximum absolute atomic E-state index is 11.6. The van der Waals surface area contributed by atoms with E-state index in [1.165, 1.54) is 16.9 Å². The molecule has 0 heterocycles. The van der Waals surface area contributed by atoms with Gasteiger partial charge in [-0.1, -0.05) is 60.9 Å². The van der Waals surface area contributed by atoms with E-state index in [1.807, 2.05) is 35.4 Å². The van der Waals surface area contributed by atoms with Gasteiger partial charge in [0, 0.05) is 4.90 Å². The molecule has 0 aromatic heterocycles. The van der Waals surface area contributed by atoms with Crippen molar-refractivity contribution in [1.29, 1.82) is 0 Å². The molecule has 1 saturated carbocycles. The van der Waals surface area contributed by atoms with Gasteiger partial charge in [0.15, 0.2) is 0 Å². The number of carbonyl (C=O) groups excluding carboxylic acids is 1. The van der Waals surface area contributed by atoms with E-state index in [2.05, 4.69) is 31.2 Å². The van der Waals surface area contributed by atoms with Gasteiger partial charge >= 0.3 is 5.97 Å². The summed E-state index contributed by atoms with van der Waals surface area (Å²) in [5, 5.41) is 0. The first-order valence-electron chi connectivity index (χ1n) is 7.66. The van der Waals surface area contributed by atoms with Gasteiger partial charge in [0.05, 0.1) is 10.7 Å². The summed E-state index contributed by atoms with van der Waals surface area (Å²) < 4.78 is 5.59. The maximum atomic E-state index is 11.6. The number of carbonyl (C=O) groups is 1. The molecule has 116 valence electrons. The Morgan fingerprint density at radius 1 is 1.29 bits per heavy atom. The monoisotopic (exact) mass is 324 g/mol. The second-order valence-electron chi connectivity index (χ2n) is 5.96. The van der Waals surface area contributed by atoms with E-state index in [1.54, 1.807) is 0 Å². The molecule has 0 radical (unpaired) electrons. The lowest BCUT2D eigenvalue weighted by Gasteiger charge is -2.39. The quantitative estimate of drug-likeness (QED) is 0.514. The lowest BCUT2D eigenvalue weighted by molar-refractivity contribution is -0.148. The summed E-state index contributed by atoms with van der Waals surface area (Å²) in [7, 11) is 3.68. The third-order valence-electron chi connectivity index (χ3n) is 3.86. The number of ether oxygens (including phenoxy) is 1. The fraction of sp³-hybridized carbons (Fsp3) is 0.588. The molecule has 1 aromatic carbocycles. The first-order valence-corrected chi connectivity index (χ1v) is 9.81. The average Bonchev–Trinajstić information content (AvgIpc) is 2.46. The second kappa shape index (κ2) is 7.59. The molecule has 0 bridgehead atoms. The van der Waals surface area contributed by atoms with Gasteiger partial charge in [0.25, 0.3) is 0 Å². The average molecular weight is 325 g/mol. The standard InChI is InChI=1S/C17H24O2S2/c1-4-14-6-8-15(9-7-14)20-21-17(10-5-11-17)12-19-16(18)13(2)3/h6-9,13H,4-5,10-12H2,1-3H3. The molecule has 0 N–H and O–H groups in total. The number of rotatable bonds is 7. The van der Waals surface area contributed by atoms with Crippen LogP contribution in [0.1, 0.15) is 45.6 Å². The highest BCUT2D eigenvalue weighted by molar-refractivity contribution is 8.77. The highest BCUT2D eigenvalue weighted by Gasteiger charge is 2.39. The zero-order valence-corrected chi connectivity index (χ0v) is 14.7. The minimum Gasteiger partial charge on any atom is -0.464 e. The van der Waals surface area contributed by atoms with Crippen LogP contribution in [0.5, 0.6) is 0 Å². The van der Waals surface area contributed by atoms with E-state index >= 15 is 0 Å². The number of esters is 1. The molecule has 1 aliphatic rings. The Morgan fingerprint density at radius 2 is 1.95 bits per heavy atom. The minimum atomic E-state index is -0.0841. The smallest absolute Gasteiger partial charge is 0.308 e. The largest absolute Gasteiger partial charge is 0.464 e. The van der Waals surface area contributed by atoms with Crippen molar-refractivity contribution < 1.29 is 9.53 Å². The molecular formula is C17H24O2S2. The molecule has 1 aliphatic carbocycles. The summed E-state index contributed by atoms with van der Waals surface area (Å²) in [6.07, 6.45) is 4.60. The lowest BCUT2D eigenvalue weighted by atomic mass is 9.85. The predicted molar refractivity (Wildman–Crippen MR) is 91.6 cm³/mol. The molecule has 21 heavy (non-hydrogen) atoms. The normalized spacial score (nSPS) is 16.6. The van der Waals surface area contributed by atoms with Crippen LogP contribution in [-0.2, 0) is 16.0 Å². The molecule has 1 aromatic rings. The second-order valence-corrected chi connectivity index (χ2v) is 8.63. The van der Waals surface area contributed by atoms with Gasteiger partial charge < -0.3 is 4.74 Å². The van der Waals surface area contributed by atoms with Gasteiger partial charge in [-0.05, 0) is 37.0 Å². The van der Waals surface area contributed by atoms with Gasteiger partial charge in [0.1, 0.15) is 6.61 Å². The van der Waals surface area contributed by atoms with Crippen LogP contribution in [0.3, 0.4) is 0 Å². The molecule has 2 rings (SSSR count). The van der Waals surface area contributed by atoms with Crippen LogP contribution in [0.25, 0.3) is 0 Å². The van der Waals surface area contributed by atoms with E-state index < -0.39 is 0 Å². The first kappa shape index (κ1) is 16.8. The van der Waals surface area contributed by atoms with Crippen molar-refractivity contribution in [2.24, 2.45) is 5.92 Å². The van der Waals surface area contributed by atoms with Crippen LogP contribution >= 0.6 is 21.6 Å². The summed E-state index contributed by atoms with van der Waals surface area (Å²) in [6, 6.07) is 8.75. The Morgan fingerprint density at radius 3 is 2.43 bits per heavy atom. The summed E-state index contributed by atoms with van der Waals surface area (Å²) in [5.41, 5.74) is 1.37. The Labute approximate surface area is 135 Å². The molecule has 2 nitrogen and oxygen atoms in total. The predicted octanol–water partition coefficient (Wildman–Crippen LogP) is 5.11. The third kappa shape index (κ3) is 4.68. The highest BCUT2D eigenvalue weighted by Crippen LogP contribution is 2.51. The molecular weight excluding hydrogens is 300 g/mol. The van der Waals surface area contributed by atoms with Gasteiger partial charge in [-0.15, -0.1) is 0 Å². The van der Waals surface area contributed by atoms with E-state index in [4.69, 9.17) is 4.74 Å². The van der Waals surface area contributed by atoms with E-state index in [0.29, 0.717) is 6.61 Å². The number of aryl methyl sites for hydroxylation is 1. The molecule has 0 aliphatic heterocycles. The molecule has 0 unspecified atom stereocenters. The zero-order valence-electron chi connectivity index (χ0n) is 13.1. The number of hydrogen-bond acceptors (Lipinski definition) is 4. The summed E-state index contributed by atoms with van der Waals surface area (Å²) >= 11 is 0. The summed E-state index contributed by atoms with van der Waals surface area (Å²) in [5.74, 6) is -0.124.